The second-order valence-corrected chi connectivity index (χ2v) is 7.59. The van der Waals surface area contributed by atoms with E-state index in [0.717, 1.165) is 12.1 Å². The predicted octanol–water partition coefficient (Wildman–Crippen LogP) is 3.52. The maximum atomic E-state index is 11.2. The van der Waals surface area contributed by atoms with E-state index >= 15 is 0 Å². The van der Waals surface area contributed by atoms with Crippen LogP contribution in [0, 0.1) is 24.0 Å². The van der Waals surface area contributed by atoms with Gasteiger partial charge in [-0.25, -0.2) is 4.98 Å². The molecule has 1 aromatic carbocycles. The maximum absolute atomic E-state index is 11.2. The minimum Gasteiger partial charge on any atom is -0.499 e. The van der Waals surface area contributed by atoms with Gasteiger partial charge >= 0.3 is 16.1 Å². The monoisotopic (exact) mass is 476 g/mol. The highest BCUT2D eigenvalue weighted by molar-refractivity contribution is 7.81. The molecule has 0 aliphatic heterocycles. The first kappa shape index (κ1) is 21.7. The smallest absolute Gasteiger partial charge is 0.446 e. The van der Waals surface area contributed by atoms with Crippen molar-refractivity contribution in [2.24, 2.45) is 0 Å². The van der Waals surface area contributed by atoms with Crippen LogP contribution in [0.4, 0.5) is 5.69 Å². The molecule has 0 radical (unpaired) electrons. The van der Waals surface area contributed by atoms with Gasteiger partial charge in [0.2, 0.25) is 11.6 Å². The number of benzene rings is 1. The van der Waals surface area contributed by atoms with Gasteiger partial charge in [-0.05, 0) is 25.5 Å². The highest BCUT2D eigenvalue weighted by Gasteiger charge is 2.26. The SMILES string of the molecule is Cc1nc(Cl)c(-c2noc(-c3cc(OS(=O)(=O)O)c(O)c([N+](=O)[O-])c3)n2)c(C)c1Cl. The van der Waals surface area contributed by atoms with Gasteiger partial charge in [-0.15, -0.1) is 0 Å². The molecule has 3 aromatic rings. The molecule has 0 saturated heterocycles. The molecule has 0 aliphatic carbocycles. The van der Waals surface area contributed by atoms with Gasteiger partial charge in [0, 0.05) is 6.07 Å². The second-order valence-electron chi connectivity index (χ2n) is 5.84. The molecule has 0 spiro atoms. The Morgan fingerprint density at radius 2 is 1.90 bits per heavy atom. The molecule has 2 heterocycles. The quantitative estimate of drug-likeness (QED) is 0.238. The number of rotatable bonds is 5. The van der Waals surface area contributed by atoms with E-state index in [-0.39, 0.29) is 28.0 Å². The first-order chi connectivity index (χ1) is 13.9. The van der Waals surface area contributed by atoms with Gasteiger partial charge in [-0.3, -0.25) is 14.7 Å². The van der Waals surface area contributed by atoms with Crippen LogP contribution in [0.5, 0.6) is 11.5 Å². The molecule has 0 unspecified atom stereocenters. The van der Waals surface area contributed by atoms with Crippen molar-refractivity contribution < 1.29 is 31.7 Å². The number of nitro groups is 1. The van der Waals surface area contributed by atoms with E-state index in [1.54, 1.807) is 13.8 Å². The zero-order valence-corrected chi connectivity index (χ0v) is 17.3. The average molecular weight is 477 g/mol. The van der Waals surface area contributed by atoms with Gasteiger partial charge in [0.25, 0.3) is 5.89 Å². The van der Waals surface area contributed by atoms with Crippen molar-refractivity contribution >= 4 is 39.3 Å². The number of phenols is 1. The van der Waals surface area contributed by atoms with Crippen LogP contribution in [0.3, 0.4) is 0 Å². The van der Waals surface area contributed by atoms with Crippen molar-refractivity contribution in [2.45, 2.75) is 13.8 Å². The van der Waals surface area contributed by atoms with Gasteiger partial charge in [0.1, 0.15) is 5.15 Å². The summed E-state index contributed by atoms with van der Waals surface area (Å²) in [6, 6.07) is 1.69. The summed E-state index contributed by atoms with van der Waals surface area (Å²) in [4.78, 5) is 18.3. The number of hydrogen-bond donors (Lipinski definition) is 2. The van der Waals surface area contributed by atoms with Gasteiger partial charge < -0.3 is 13.8 Å². The Bertz CT molecular complexity index is 1290. The maximum Gasteiger partial charge on any atom is 0.446 e. The third-order valence-corrected chi connectivity index (χ3v) is 5.06. The van der Waals surface area contributed by atoms with E-state index in [4.69, 9.17) is 32.3 Å². The molecule has 0 atom stereocenters. The summed E-state index contributed by atoms with van der Waals surface area (Å²) in [6.07, 6.45) is 0. The lowest BCUT2D eigenvalue weighted by Crippen LogP contribution is -2.07. The summed E-state index contributed by atoms with van der Waals surface area (Å²) < 4.78 is 40.0. The van der Waals surface area contributed by atoms with E-state index in [0.29, 0.717) is 16.3 Å². The van der Waals surface area contributed by atoms with Crippen molar-refractivity contribution in [2.75, 3.05) is 0 Å². The number of aromatic nitrogens is 3. The molecule has 30 heavy (non-hydrogen) atoms. The molecule has 2 N–H and O–H groups in total. The lowest BCUT2D eigenvalue weighted by molar-refractivity contribution is -0.385. The molecule has 0 saturated carbocycles. The Balaban J connectivity index is 2.16. The number of nitrogens with zero attached hydrogens (tertiary/aromatic N) is 4. The molecular formula is C15H10Cl2N4O8S. The van der Waals surface area contributed by atoms with Crippen molar-refractivity contribution in [3.8, 4) is 34.3 Å². The molecule has 0 aliphatic rings. The zero-order chi connectivity index (χ0) is 22.4. The topological polar surface area (TPSA) is 179 Å². The number of nitro benzene ring substituents is 1. The molecule has 2 aromatic heterocycles. The number of halogens is 2. The van der Waals surface area contributed by atoms with E-state index in [1.165, 1.54) is 0 Å². The van der Waals surface area contributed by atoms with E-state index in [9.17, 15) is 23.6 Å². The molecule has 12 nitrogen and oxygen atoms in total. The van der Waals surface area contributed by atoms with Crippen LogP contribution in [0.2, 0.25) is 10.2 Å². The summed E-state index contributed by atoms with van der Waals surface area (Å²) in [7, 11) is -5.09. The number of phenolic OH excluding ortho intramolecular Hbond substituents is 1. The lowest BCUT2D eigenvalue weighted by atomic mass is 10.1. The Morgan fingerprint density at radius 1 is 1.23 bits per heavy atom. The molecule has 0 fully saturated rings. The number of aryl methyl sites for hydroxylation is 1. The van der Waals surface area contributed by atoms with Gasteiger partial charge in [-0.1, -0.05) is 28.4 Å². The first-order valence-corrected chi connectivity index (χ1v) is 9.86. The summed E-state index contributed by atoms with van der Waals surface area (Å²) in [5.74, 6) is -2.40. The standard InChI is InChI=1S/C15H10Cl2N4O8S/c1-5-10(13(17)18-6(2)11(5)16)14-19-15(28-20-14)7-3-8(21(23)24)12(22)9(4-7)29-30(25,26)27/h3-4,22H,1-2H3,(H,25,26,27). The van der Waals surface area contributed by atoms with Gasteiger partial charge in [-0.2, -0.15) is 13.4 Å². The van der Waals surface area contributed by atoms with Crippen LogP contribution in [-0.4, -0.2) is 38.1 Å². The van der Waals surface area contributed by atoms with Gasteiger partial charge in [0.15, 0.2) is 5.75 Å². The number of pyridine rings is 1. The summed E-state index contributed by atoms with van der Waals surface area (Å²) in [5.41, 5.74) is 0.128. The minimum absolute atomic E-state index is 0.0360. The van der Waals surface area contributed by atoms with Crippen molar-refractivity contribution in [3.63, 3.8) is 0 Å². The Morgan fingerprint density at radius 3 is 2.50 bits per heavy atom. The minimum atomic E-state index is -5.09. The first-order valence-electron chi connectivity index (χ1n) is 7.74. The van der Waals surface area contributed by atoms with Crippen LogP contribution in [0.1, 0.15) is 11.3 Å². The normalized spacial score (nSPS) is 11.5. The zero-order valence-electron chi connectivity index (χ0n) is 15.0. The summed E-state index contributed by atoms with van der Waals surface area (Å²) in [5, 5.41) is 25.1. The summed E-state index contributed by atoms with van der Waals surface area (Å²) >= 11 is 12.3. The molecule has 0 amide bonds. The average Bonchev–Trinajstić information content (AvgIpc) is 3.09. The van der Waals surface area contributed by atoms with Crippen LogP contribution < -0.4 is 4.18 Å². The number of aromatic hydroxyl groups is 1. The fraction of sp³-hybridized carbons (Fsp3) is 0.133. The Labute approximate surface area is 178 Å². The third kappa shape index (κ3) is 4.14. The Hall–Kier alpha value is -3.00. The molecule has 158 valence electrons. The van der Waals surface area contributed by atoms with E-state index < -0.39 is 32.5 Å². The van der Waals surface area contributed by atoms with Crippen LogP contribution in [-0.2, 0) is 10.4 Å². The summed E-state index contributed by atoms with van der Waals surface area (Å²) in [6.45, 7) is 3.30. The van der Waals surface area contributed by atoms with Crippen molar-refractivity contribution in [1.29, 1.82) is 0 Å². The van der Waals surface area contributed by atoms with Crippen molar-refractivity contribution in [1.82, 2.24) is 15.1 Å². The second kappa shape index (κ2) is 7.68. The highest BCUT2D eigenvalue weighted by atomic mass is 35.5. The fourth-order valence-electron chi connectivity index (χ4n) is 2.52. The number of hydrogen-bond acceptors (Lipinski definition) is 10. The molecular weight excluding hydrogens is 467 g/mol. The van der Waals surface area contributed by atoms with Crippen LogP contribution >= 0.6 is 23.2 Å². The van der Waals surface area contributed by atoms with Gasteiger partial charge in [0.05, 0.1) is 26.8 Å². The van der Waals surface area contributed by atoms with E-state index in [1.807, 2.05) is 0 Å². The lowest BCUT2D eigenvalue weighted by Gasteiger charge is -2.08. The molecule has 0 bridgehead atoms. The van der Waals surface area contributed by atoms with Crippen molar-refractivity contribution in [3.05, 3.63) is 43.7 Å². The molecule has 3 rings (SSSR count). The van der Waals surface area contributed by atoms with E-state index in [2.05, 4.69) is 19.3 Å². The highest BCUT2D eigenvalue weighted by Crippen LogP contribution is 2.41. The van der Waals surface area contributed by atoms with Crippen LogP contribution in [0.25, 0.3) is 22.8 Å². The molecule has 15 heteroatoms. The fourth-order valence-corrected chi connectivity index (χ4v) is 3.37. The third-order valence-electron chi connectivity index (χ3n) is 3.84. The largest absolute Gasteiger partial charge is 0.499 e. The Kier molecular flexibility index (Phi) is 5.56. The van der Waals surface area contributed by atoms with Crippen LogP contribution in [0.15, 0.2) is 16.7 Å². The predicted molar refractivity (Wildman–Crippen MR) is 103 cm³/mol.